The van der Waals surface area contributed by atoms with E-state index in [-0.39, 0.29) is 0 Å². The standard InChI is InChI=1S/C24H33N5S/c1-17-13-19(28-9-5-26(3)6-10-28)15-21-23(17)25-24-18(2)14-20(16-22(24)30-21)29-11-7-27(4)8-12-29/h13-16,25H,5-12H2,1-4H3. The lowest BCUT2D eigenvalue weighted by Crippen LogP contribution is -2.44. The van der Waals surface area contributed by atoms with E-state index in [4.69, 9.17) is 0 Å². The van der Waals surface area contributed by atoms with E-state index in [1.54, 1.807) is 0 Å². The molecule has 5 rings (SSSR count). The minimum atomic E-state index is 1.11. The molecule has 6 heteroatoms. The highest BCUT2D eigenvalue weighted by molar-refractivity contribution is 7.99. The molecule has 0 amide bonds. The molecule has 0 aliphatic carbocycles. The zero-order valence-electron chi connectivity index (χ0n) is 18.7. The van der Waals surface area contributed by atoms with E-state index in [0.29, 0.717) is 0 Å². The van der Waals surface area contributed by atoms with Gasteiger partial charge >= 0.3 is 0 Å². The maximum atomic E-state index is 3.78. The monoisotopic (exact) mass is 423 g/mol. The van der Waals surface area contributed by atoms with Gasteiger partial charge in [0.15, 0.2) is 0 Å². The molecule has 2 aromatic rings. The summed E-state index contributed by atoms with van der Waals surface area (Å²) in [6.45, 7) is 13.5. The van der Waals surface area contributed by atoms with Gasteiger partial charge in [-0.25, -0.2) is 0 Å². The zero-order valence-corrected chi connectivity index (χ0v) is 19.5. The number of hydrogen-bond acceptors (Lipinski definition) is 6. The van der Waals surface area contributed by atoms with Gasteiger partial charge in [-0.1, -0.05) is 11.8 Å². The van der Waals surface area contributed by atoms with E-state index in [2.05, 4.69) is 77.1 Å². The zero-order chi connectivity index (χ0) is 20.8. The highest BCUT2D eigenvalue weighted by Gasteiger charge is 2.24. The van der Waals surface area contributed by atoms with Crippen molar-refractivity contribution < 1.29 is 0 Å². The molecule has 3 aliphatic rings. The molecule has 0 spiro atoms. The molecule has 2 fully saturated rings. The minimum Gasteiger partial charge on any atom is -0.369 e. The Morgan fingerprint density at radius 2 is 1.03 bits per heavy atom. The summed E-state index contributed by atoms with van der Waals surface area (Å²) in [7, 11) is 4.43. The molecule has 1 N–H and O–H groups in total. The number of anilines is 4. The predicted molar refractivity (Wildman–Crippen MR) is 129 cm³/mol. The molecule has 5 nitrogen and oxygen atoms in total. The third kappa shape index (κ3) is 3.77. The highest BCUT2D eigenvalue weighted by Crippen LogP contribution is 2.49. The Labute approximate surface area is 185 Å². The lowest BCUT2D eigenvalue weighted by Gasteiger charge is -2.36. The molecular weight excluding hydrogens is 390 g/mol. The van der Waals surface area contributed by atoms with Crippen LogP contribution in [0.5, 0.6) is 0 Å². The molecule has 0 aromatic heterocycles. The number of nitrogens with one attached hydrogen (secondary N) is 1. The Bertz CT molecular complexity index is 868. The Balaban J connectivity index is 1.44. The fourth-order valence-electron chi connectivity index (χ4n) is 4.69. The van der Waals surface area contributed by atoms with Crippen molar-refractivity contribution in [2.24, 2.45) is 0 Å². The van der Waals surface area contributed by atoms with Crippen LogP contribution in [-0.2, 0) is 0 Å². The average molecular weight is 424 g/mol. The second-order valence-corrected chi connectivity index (χ2v) is 10.2. The van der Waals surface area contributed by atoms with Crippen molar-refractivity contribution in [3.63, 3.8) is 0 Å². The molecule has 0 unspecified atom stereocenters. The molecule has 0 bridgehead atoms. The van der Waals surface area contributed by atoms with Crippen molar-refractivity contribution in [2.75, 3.05) is 81.6 Å². The first-order valence-corrected chi connectivity index (χ1v) is 11.9. The number of likely N-dealkylation sites (N-methyl/N-ethyl adjacent to an activating group) is 2. The van der Waals surface area contributed by atoms with E-state index >= 15 is 0 Å². The maximum absolute atomic E-state index is 3.78. The first-order valence-electron chi connectivity index (χ1n) is 11.1. The first-order chi connectivity index (χ1) is 14.5. The summed E-state index contributed by atoms with van der Waals surface area (Å²) in [6, 6.07) is 9.51. The Morgan fingerprint density at radius 3 is 1.43 bits per heavy atom. The van der Waals surface area contributed by atoms with Gasteiger partial charge in [0.2, 0.25) is 0 Å². The van der Waals surface area contributed by atoms with Crippen LogP contribution < -0.4 is 15.1 Å². The molecule has 30 heavy (non-hydrogen) atoms. The number of benzene rings is 2. The van der Waals surface area contributed by atoms with Crippen molar-refractivity contribution in [1.82, 2.24) is 9.80 Å². The van der Waals surface area contributed by atoms with E-state index in [1.165, 1.54) is 43.7 Å². The summed E-state index contributed by atoms with van der Waals surface area (Å²) in [5.41, 5.74) is 7.96. The molecule has 2 aromatic carbocycles. The van der Waals surface area contributed by atoms with Gasteiger partial charge in [-0.05, 0) is 63.3 Å². The number of aryl methyl sites for hydroxylation is 2. The highest BCUT2D eigenvalue weighted by atomic mass is 32.2. The topological polar surface area (TPSA) is 25.0 Å². The fraction of sp³-hybridized carbons (Fsp3) is 0.500. The van der Waals surface area contributed by atoms with E-state index in [0.717, 1.165) is 52.4 Å². The van der Waals surface area contributed by atoms with Gasteiger partial charge in [0, 0.05) is 73.5 Å². The second-order valence-electron chi connectivity index (χ2n) is 9.08. The summed E-state index contributed by atoms with van der Waals surface area (Å²) in [6.07, 6.45) is 0. The molecule has 3 heterocycles. The largest absolute Gasteiger partial charge is 0.369 e. The predicted octanol–water partition coefficient (Wildman–Crippen LogP) is 4.02. The third-order valence-electron chi connectivity index (χ3n) is 6.77. The number of piperazine rings is 2. The Kier molecular flexibility index (Phi) is 5.33. The number of fused-ring (bicyclic) bond motifs is 2. The number of hydrogen-bond donors (Lipinski definition) is 1. The van der Waals surface area contributed by atoms with Gasteiger partial charge in [-0.3, -0.25) is 0 Å². The van der Waals surface area contributed by atoms with Crippen molar-refractivity contribution in [2.45, 2.75) is 23.6 Å². The maximum Gasteiger partial charge on any atom is 0.0557 e. The Hall–Kier alpha value is -1.89. The van der Waals surface area contributed by atoms with E-state index < -0.39 is 0 Å². The molecule has 0 saturated carbocycles. The van der Waals surface area contributed by atoms with Gasteiger partial charge in [0.1, 0.15) is 0 Å². The van der Waals surface area contributed by atoms with Gasteiger partial charge in [0.05, 0.1) is 11.4 Å². The van der Waals surface area contributed by atoms with Crippen molar-refractivity contribution in [1.29, 1.82) is 0 Å². The minimum absolute atomic E-state index is 1.11. The van der Waals surface area contributed by atoms with E-state index in [1.807, 2.05) is 11.8 Å². The lowest BCUT2D eigenvalue weighted by molar-refractivity contribution is 0.313. The smallest absolute Gasteiger partial charge is 0.0557 e. The molecule has 0 atom stereocenters. The van der Waals surface area contributed by atoms with Gasteiger partial charge in [-0.2, -0.15) is 0 Å². The van der Waals surface area contributed by atoms with Crippen LogP contribution in [0.4, 0.5) is 22.7 Å². The van der Waals surface area contributed by atoms with Crippen LogP contribution in [0.15, 0.2) is 34.1 Å². The third-order valence-corrected chi connectivity index (χ3v) is 7.86. The molecule has 160 valence electrons. The Morgan fingerprint density at radius 1 is 0.633 bits per heavy atom. The van der Waals surface area contributed by atoms with Gasteiger partial charge in [-0.15, -0.1) is 0 Å². The number of rotatable bonds is 2. The summed E-state index contributed by atoms with van der Waals surface area (Å²) in [4.78, 5) is 12.6. The first kappa shape index (κ1) is 20.0. The number of nitrogens with zero attached hydrogens (tertiary/aromatic N) is 4. The van der Waals surface area contributed by atoms with Crippen molar-refractivity contribution >= 4 is 34.5 Å². The van der Waals surface area contributed by atoms with Crippen molar-refractivity contribution in [3.8, 4) is 0 Å². The van der Waals surface area contributed by atoms with Crippen LogP contribution in [0.3, 0.4) is 0 Å². The van der Waals surface area contributed by atoms with Gasteiger partial charge in [0.25, 0.3) is 0 Å². The summed E-state index contributed by atoms with van der Waals surface area (Å²) >= 11 is 1.93. The average Bonchev–Trinajstić information content (AvgIpc) is 2.73. The van der Waals surface area contributed by atoms with Crippen molar-refractivity contribution in [3.05, 3.63) is 35.4 Å². The molecular formula is C24H33N5S. The SMILES string of the molecule is Cc1cc(N2CCN(C)CC2)cc2c1Nc1c(C)cc(N3CCN(C)CC3)cc1S2. The molecule has 2 saturated heterocycles. The molecule has 0 radical (unpaired) electrons. The van der Waals surface area contributed by atoms with Gasteiger partial charge < -0.3 is 24.9 Å². The van der Waals surface area contributed by atoms with Crippen LogP contribution in [-0.4, -0.2) is 76.3 Å². The van der Waals surface area contributed by atoms with Crippen LogP contribution in [0, 0.1) is 13.8 Å². The summed E-state index contributed by atoms with van der Waals surface area (Å²) in [5.74, 6) is 0. The normalized spacial score (nSPS) is 20.0. The van der Waals surface area contributed by atoms with Crippen LogP contribution in [0.25, 0.3) is 0 Å². The van der Waals surface area contributed by atoms with Crippen LogP contribution >= 0.6 is 11.8 Å². The van der Waals surface area contributed by atoms with E-state index in [9.17, 15) is 0 Å². The summed E-state index contributed by atoms with van der Waals surface area (Å²) < 4.78 is 0. The molecule has 3 aliphatic heterocycles. The quantitative estimate of drug-likeness (QED) is 0.669. The summed E-state index contributed by atoms with van der Waals surface area (Å²) in [5, 5.41) is 3.78. The second kappa shape index (κ2) is 7.98. The fourth-order valence-corrected chi connectivity index (χ4v) is 5.92. The lowest BCUT2D eigenvalue weighted by atomic mass is 10.1. The van der Waals surface area contributed by atoms with Crippen LogP contribution in [0.1, 0.15) is 11.1 Å². The van der Waals surface area contributed by atoms with Crippen LogP contribution in [0.2, 0.25) is 0 Å².